The summed E-state index contributed by atoms with van der Waals surface area (Å²) in [5.41, 5.74) is 6.23. The average molecular weight is 564 g/mol. The number of amides is 1. The van der Waals surface area contributed by atoms with Crippen molar-refractivity contribution < 1.29 is 19.1 Å². The van der Waals surface area contributed by atoms with Crippen LogP contribution in [0.3, 0.4) is 0 Å². The van der Waals surface area contributed by atoms with Crippen LogP contribution in [0.15, 0.2) is 103 Å². The van der Waals surface area contributed by atoms with E-state index in [0.29, 0.717) is 31.7 Å². The second kappa shape index (κ2) is 15.6. The fraction of sp³-hybridized carbons (Fsp3) is 0.297. The third-order valence-corrected chi connectivity index (χ3v) is 7.17. The standard InChI is InChI=1S/C37H41NO4/c1-4-41-36(39)19-9-6-10-24-42-35-18-11-13-29(25-35)27-38(28(2)3)37(40)32-22-20-31(21-23-32)34-17-12-16-33(26-34)30-14-7-5-8-15-30/h5,7-8,11-18,20-23,25-26,28H,4,6,9-10,19,24,27H2,1-3H3. The van der Waals surface area contributed by atoms with E-state index in [1.54, 1.807) is 0 Å². The Hall–Kier alpha value is -4.38. The first-order valence-corrected chi connectivity index (χ1v) is 14.9. The number of ether oxygens (including phenoxy) is 2. The van der Waals surface area contributed by atoms with Crippen molar-refractivity contribution in [3.63, 3.8) is 0 Å². The highest BCUT2D eigenvalue weighted by atomic mass is 16.5. The molecule has 0 bridgehead atoms. The minimum Gasteiger partial charge on any atom is -0.494 e. The van der Waals surface area contributed by atoms with Crippen LogP contribution in [-0.4, -0.2) is 36.0 Å². The van der Waals surface area contributed by atoms with Crippen molar-refractivity contribution in [1.82, 2.24) is 4.90 Å². The number of hydrogen-bond donors (Lipinski definition) is 0. The Labute approximate surface area is 250 Å². The Morgan fingerprint density at radius 1 is 0.714 bits per heavy atom. The summed E-state index contributed by atoms with van der Waals surface area (Å²) >= 11 is 0. The van der Waals surface area contributed by atoms with Crippen molar-refractivity contribution in [1.29, 1.82) is 0 Å². The zero-order chi connectivity index (χ0) is 29.7. The SMILES string of the molecule is CCOC(=O)CCCCCOc1cccc(CN(C(=O)c2ccc(-c3cccc(-c4ccccc4)c3)cc2)C(C)C)c1. The number of rotatable bonds is 14. The first kappa shape index (κ1) is 30.6. The van der Waals surface area contributed by atoms with Gasteiger partial charge in [0.1, 0.15) is 5.75 Å². The summed E-state index contributed by atoms with van der Waals surface area (Å²) in [4.78, 5) is 26.9. The van der Waals surface area contributed by atoms with Crippen LogP contribution in [0.25, 0.3) is 22.3 Å². The quantitative estimate of drug-likeness (QED) is 0.114. The molecule has 1 amide bonds. The molecule has 0 aliphatic rings. The summed E-state index contributed by atoms with van der Waals surface area (Å²) in [6.07, 6.45) is 3.03. The Kier molecular flexibility index (Phi) is 11.3. The molecule has 0 unspecified atom stereocenters. The second-order valence-corrected chi connectivity index (χ2v) is 10.7. The molecule has 0 saturated carbocycles. The second-order valence-electron chi connectivity index (χ2n) is 10.7. The van der Waals surface area contributed by atoms with Gasteiger partial charge in [0.15, 0.2) is 0 Å². The average Bonchev–Trinajstić information content (AvgIpc) is 3.02. The number of hydrogen-bond acceptors (Lipinski definition) is 4. The lowest BCUT2D eigenvalue weighted by Gasteiger charge is -2.27. The van der Waals surface area contributed by atoms with Gasteiger partial charge in [-0.3, -0.25) is 9.59 Å². The zero-order valence-corrected chi connectivity index (χ0v) is 24.9. The molecule has 5 heteroatoms. The smallest absolute Gasteiger partial charge is 0.305 e. The molecule has 0 aromatic heterocycles. The van der Waals surface area contributed by atoms with E-state index in [0.717, 1.165) is 41.7 Å². The molecule has 5 nitrogen and oxygen atoms in total. The molecule has 0 atom stereocenters. The van der Waals surface area contributed by atoms with Gasteiger partial charge in [0.2, 0.25) is 0 Å². The van der Waals surface area contributed by atoms with Gasteiger partial charge in [-0.2, -0.15) is 0 Å². The van der Waals surface area contributed by atoms with Gasteiger partial charge >= 0.3 is 5.97 Å². The van der Waals surface area contributed by atoms with Crippen molar-refractivity contribution in [3.8, 4) is 28.0 Å². The van der Waals surface area contributed by atoms with Gasteiger partial charge < -0.3 is 14.4 Å². The molecule has 0 N–H and O–H groups in total. The van der Waals surface area contributed by atoms with Gasteiger partial charge in [-0.25, -0.2) is 0 Å². The first-order valence-electron chi connectivity index (χ1n) is 14.9. The molecule has 4 aromatic rings. The summed E-state index contributed by atoms with van der Waals surface area (Å²) in [5, 5.41) is 0. The van der Waals surface area contributed by atoms with Crippen LogP contribution in [-0.2, 0) is 16.1 Å². The van der Waals surface area contributed by atoms with Gasteiger partial charge in [-0.05, 0) is 98.2 Å². The highest BCUT2D eigenvalue weighted by Gasteiger charge is 2.19. The summed E-state index contributed by atoms with van der Waals surface area (Å²) in [6.45, 7) is 7.40. The first-order chi connectivity index (χ1) is 20.4. The maximum Gasteiger partial charge on any atom is 0.305 e. The number of benzene rings is 4. The van der Waals surface area contributed by atoms with E-state index in [1.807, 2.05) is 92.4 Å². The van der Waals surface area contributed by atoms with Crippen molar-refractivity contribution in [2.24, 2.45) is 0 Å². The van der Waals surface area contributed by atoms with Crippen LogP contribution in [0, 0.1) is 0 Å². The van der Waals surface area contributed by atoms with Crippen LogP contribution >= 0.6 is 0 Å². The lowest BCUT2D eigenvalue weighted by molar-refractivity contribution is -0.143. The number of carbonyl (C=O) groups excluding carboxylic acids is 2. The number of unbranched alkanes of at least 4 members (excludes halogenated alkanes) is 2. The fourth-order valence-electron chi connectivity index (χ4n) is 4.87. The Morgan fingerprint density at radius 3 is 2.07 bits per heavy atom. The molecule has 0 radical (unpaired) electrons. The van der Waals surface area contributed by atoms with Crippen LogP contribution in [0.1, 0.15) is 62.4 Å². The maximum absolute atomic E-state index is 13.6. The molecular formula is C37H41NO4. The maximum atomic E-state index is 13.6. The molecule has 42 heavy (non-hydrogen) atoms. The third-order valence-electron chi connectivity index (χ3n) is 7.17. The molecule has 0 fully saturated rings. The van der Waals surface area contributed by atoms with Gasteiger partial charge in [-0.1, -0.05) is 72.8 Å². The van der Waals surface area contributed by atoms with Gasteiger partial charge in [0.25, 0.3) is 5.91 Å². The normalized spacial score (nSPS) is 10.9. The Morgan fingerprint density at radius 2 is 1.38 bits per heavy atom. The molecule has 218 valence electrons. The molecule has 4 aromatic carbocycles. The summed E-state index contributed by atoms with van der Waals surface area (Å²) < 4.78 is 10.9. The van der Waals surface area contributed by atoms with Gasteiger partial charge in [0.05, 0.1) is 13.2 Å². The summed E-state index contributed by atoms with van der Waals surface area (Å²) in [5.74, 6) is 0.651. The molecule has 0 aliphatic carbocycles. The van der Waals surface area contributed by atoms with E-state index in [-0.39, 0.29) is 17.9 Å². The van der Waals surface area contributed by atoms with Crippen LogP contribution in [0.4, 0.5) is 0 Å². The van der Waals surface area contributed by atoms with Crippen molar-refractivity contribution in [2.45, 2.75) is 59.0 Å². The monoisotopic (exact) mass is 563 g/mol. The predicted molar refractivity (Wildman–Crippen MR) is 169 cm³/mol. The fourth-order valence-corrected chi connectivity index (χ4v) is 4.87. The zero-order valence-electron chi connectivity index (χ0n) is 24.9. The van der Waals surface area contributed by atoms with E-state index in [4.69, 9.17) is 9.47 Å². The molecular weight excluding hydrogens is 522 g/mol. The lowest BCUT2D eigenvalue weighted by atomic mass is 9.98. The highest BCUT2D eigenvalue weighted by Crippen LogP contribution is 2.27. The molecule has 0 saturated heterocycles. The van der Waals surface area contributed by atoms with Crippen LogP contribution in [0.2, 0.25) is 0 Å². The minimum atomic E-state index is -0.139. The van der Waals surface area contributed by atoms with E-state index >= 15 is 0 Å². The number of nitrogens with zero attached hydrogens (tertiary/aromatic N) is 1. The molecule has 0 heterocycles. The van der Waals surface area contributed by atoms with Gasteiger partial charge in [0, 0.05) is 24.6 Å². The van der Waals surface area contributed by atoms with Crippen molar-refractivity contribution in [2.75, 3.05) is 13.2 Å². The Bertz CT molecular complexity index is 1430. The molecule has 0 spiro atoms. The van der Waals surface area contributed by atoms with Crippen molar-refractivity contribution >= 4 is 11.9 Å². The van der Waals surface area contributed by atoms with Crippen LogP contribution < -0.4 is 4.74 Å². The largest absolute Gasteiger partial charge is 0.494 e. The Balaban J connectivity index is 1.35. The predicted octanol–water partition coefficient (Wildman–Crippen LogP) is 8.57. The van der Waals surface area contributed by atoms with Gasteiger partial charge in [-0.15, -0.1) is 0 Å². The van der Waals surface area contributed by atoms with E-state index < -0.39 is 0 Å². The van der Waals surface area contributed by atoms with E-state index in [2.05, 4.69) is 36.4 Å². The third kappa shape index (κ3) is 8.81. The summed E-state index contributed by atoms with van der Waals surface area (Å²) in [6, 6.07) is 34.7. The number of esters is 1. The lowest BCUT2D eigenvalue weighted by Crippen LogP contribution is -2.36. The minimum absolute atomic E-state index is 0.00232. The molecule has 4 rings (SSSR count). The van der Waals surface area contributed by atoms with Crippen LogP contribution in [0.5, 0.6) is 5.75 Å². The number of carbonyl (C=O) groups is 2. The van der Waals surface area contributed by atoms with E-state index in [1.165, 1.54) is 11.1 Å². The van der Waals surface area contributed by atoms with Crippen molar-refractivity contribution in [3.05, 3.63) is 114 Å². The highest BCUT2D eigenvalue weighted by molar-refractivity contribution is 5.95. The summed E-state index contributed by atoms with van der Waals surface area (Å²) in [7, 11) is 0. The molecule has 0 aliphatic heterocycles. The van der Waals surface area contributed by atoms with E-state index in [9.17, 15) is 9.59 Å². The topological polar surface area (TPSA) is 55.8 Å².